The molecule has 0 unspecified atom stereocenters. The van der Waals surface area contributed by atoms with Crippen LogP contribution in [0, 0.1) is 11.6 Å². The van der Waals surface area contributed by atoms with Gasteiger partial charge in [0.05, 0.1) is 33.4 Å². The molecule has 7 nitrogen and oxygen atoms in total. The summed E-state index contributed by atoms with van der Waals surface area (Å²) < 4.78 is 57.2. The van der Waals surface area contributed by atoms with Crippen molar-refractivity contribution in [2.75, 3.05) is 9.80 Å². The van der Waals surface area contributed by atoms with Gasteiger partial charge in [-0.3, -0.25) is 0 Å². The highest BCUT2D eigenvalue weighted by atomic mass is 19.1. The highest BCUT2D eigenvalue weighted by Crippen LogP contribution is 2.44. The molecule has 0 aliphatic carbocycles. The maximum absolute atomic E-state index is 14.6. The molecule has 0 amide bonds. The average molecular weight is 942 g/mol. The van der Waals surface area contributed by atoms with E-state index in [0.29, 0.717) is 0 Å². The van der Waals surface area contributed by atoms with Crippen LogP contribution in [0.3, 0.4) is 0 Å². The largest absolute Gasteiger partial charge is 0.494 e. The minimum atomic E-state index is -0.520. The van der Waals surface area contributed by atoms with Crippen LogP contribution in [-0.4, -0.2) is 41.2 Å². The van der Waals surface area contributed by atoms with Crippen molar-refractivity contribution in [3.05, 3.63) is 200 Å². The summed E-state index contributed by atoms with van der Waals surface area (Å²) in [5, 5.41) is 2.00. The molecule has 2 saturated heterocycles. The third-order valence-electron chi connectivity index (χ3n) is 15.0. The molecule has 0 radical (unpaired) electrons. The topological polar surface area (TPSA) is 48.3 Å². The summed E-state index contributed by atoms with van der Waals surface area (Å²) in [6.45, 7) is 16.4. The Balaban J connectivity index is 1.07. The predicted octanol–water partition coefficient (Wildman–Crippen LogP) is 14.3. The van der Waals surface area contributed by atoms with Crippen LogP contribution < -0.4 is 20.7 Å². The fourth-order valence-electron chi connectivity index (χ4n) is 9.60. The molecule has 0 N–H and O–H groups in total. The highest BCUT2D eigenvalue weighted by molar-refractivity contribution is 6.62. The van der Waals surface area contributed by atoms with Gasteiger partial charge in [-0.15, -0.1) is 0 Å². The summed E-state index contributed by atoms with van der Waals surface area (Å²) in [5.41, 5.74) is 10.2. The van der Waals surface area contributed by atoms with Crippen LogP contribution in [-0.2, 0) is 18.6 Å². The van der Waals surface area contributed by atoms with Gasteiger partial charge in [-0.2, -0.15) is 0 Å². The number of nitrogens with zero attached hydrogens (tertiary/aromatic N) is 3. The first-order valence-corrected chi connectivity index (χ1v) is 24.2. The Kier molecular flexibility index (Phi) is 11.4. The lowest BCUT2D eigenvalue weighted by molar-refractivity contribution is 0.00578. The Bertz CT molecular complexity index is 3200. The molecule has 0 atom stereocenters. The number of rotatable bonds is 10. The van der Waals surface area contributed by atoms with Crippen LogP contribution in [0.5, 0.6) is 0 Å². The summed E-state index contributed by atoms with van der Waals surface area (Å²) in [5.74, 6) is -0.635. The van der Waals surface area contributed by atoms with Crippen LogP contribution in [0.1, 0.15) is 55.4 Å². The molecule has 0 spiro atoms. The van der Waals surface area contributed by atoms with Gasteiger partial charge in [0.15, 0.2) is 0 Å². The van der Waals surface area contributed by atoms with Gasteiger partial charge in [0, 0.05) is 50.6 Å². The van der Waals surface area contributed by atoms with E-state index in [1.807, 2.05) is 30.3 Å². The van der Waals surface area contributed by atoms with E-state index in [9.17, 15) is 8.78 Å². The van der Waals surface area contributed by atoms with Gasteiger partial charge in [0.25, 0.3) is 0 Å². The van der Waals surface area contributed by atoms with Crippen molar-refractivity contribution in [1.82, 2.24) is 4.57 Å². The average Bonchev–Trinajstić information content (AvgIpc) is 3.89. The zero-order valence-corrected chi connectivity index (χ0v) is 41.3. The van der Waals surface area contributed by atoms with Crippen molar-refractivity contribution in [2.45, 2.75) is 77.8 Å². The van der Waals surface area contributed by atoms with Crippen LogP contribution >= 0.6 is 0 Å². The van der Waals surface area contributed by atoms with Crippen molar-refractivity contribution in [3.63, 3.8) is 0 Å². The Morgan fingerprint density at radius 1 is 0.366 bits per heavy atom. The van der Waals surface area contributed by atoms with Crippen molar-refractivity contribution >= 4 is 81.1 Å². The second kappa shape index (κ2) is 17.4. The van der Waals surface area contributed by atoms with Gasteiger partial charge in [0.1, 0.15) is 11.6 Å². The fourth-order valence-corrected chi connectivity index (χ4v) is 9.60. The standard InChI is InChI=1S/C60H55B2F2N3O4/c1-57(2)58(3,4)69-61(68-57)42-17-25-46(26-18-42)65(48-29-21-44(63)22-30-48)51-33-35-55-53(38-51)54-39-52(34-36-56(54)67(55)50-16-12-15-41(37-50)40-13-10-9-11-14-40)66(49-31-23-45(64)24-32-49)47-27-19-43(20-28-47)62-70-59(5,6)60(7,8)71-62/h9-39H,1-8H3. The summed E-state index contributed by atoms with van der Waals surface area (Å²) in [4.78, 5) is 4.28. The van der Waals surface area contributed by atoms with Crippen molar-refractivity contribution in [3.8, 4) is 16.8 Å². The summed E-state index contributed by atoms with van der Waals surface area (Å²) >= 11 is 0. The SMILES string of the molecule is CC1(C)OB(c2ccc(N(c3ccc(F)cc3)c3ccc4c(c3)c3cc(N(c5ccc(F)cc5)c5ccc(B6OC(C)(C)C(C)(C)O6)cc5)ccc3n4-c3cccc(-c4ccccc4)c3)cc2)OC1(C)C. The Morgan fingerprint density at radius 2 is 0.718 bits per heavy atom. The molecule has 9 aromatic rings. The van der Waals surface area contributed by atoms with Gasteiger partial charge in [-0.25, -0.2) is 8.78 Å². The van der Waals surface area contributed by atoms with Crippen LogP contribution in [0.4, 0.5) is 42.9 Å². The molecule has 11 rings (SSSR count). The lowest BCUT2D eigenvalue weighted by atomic mass is 9.79. The van der Waals surface area contributed by atoms with Gasteiger partial charge < -0.3 is 33.0 Å². The quantitative estimate of drug-likeness (QED) is 0.127. The van der Waals surface area contributed by atoms with Gasteiger partial charge in [-0.05, 0) is 199 Å². The normalized spacial score (nSPS) is 16.8. The van der Waals surface area contributed by atoms with Crippen LogP contribution in [0.25, 0.3) is 38.6 Å². The van der Waals surface area contributed by atoms with Crippen molar-refractivity contribution < 1.29 is 27.4 Å². The second-order valence-corrected chi connectivity index (χ2v) is 20.6. The van der Waals surface area contributed by atoms with Crippen LogP contribution in [0.2, 0.25) is 0 Å². The monoisotopic (exact) mass is 941 g/mol. The van der Waals surface area contributed by atoms with E-state index >= 15 is 0 Å². The second-order valence-electron chi connectivity index (χ2n) is 20.6. The Labute approximate surface area is 415 Å². The maximum Gasteiger partial charge on any atom is 0.494 e. The first-order chi connectivity index (χ1) is 33.9. The van der Waals surface area contributed by atoms with Gasteiger partial charge >= 0.3 is 14.2 Å². The molecule has 2 fully saturated rings. The van der Waals surface area contributed by atoms with Crippen molar-refractivity contribution in [1.29, 1.82) is 0 Å². The number of benzene rings is 8. The molecule has 3 heterocycles. The number of anilines is 6. The van der Waals surface area contributed by atoms with E-state index in [4.69, 9.17) is 18.6 Å². The smallest absolute Gasteiger partial charge is 0.399 e. The molecule has 2 aliphatic rings. The number of hydrogen-bond acceptors (Lipinski definition) is 6. The highest BCUT2D eigenvalue weighted by Gasteiger charge is 2.52. The molecule has 8 aromatic carbocycles. The minimum Gasteiger partial charge on any atom is -0.399 e. The molecular weight excluding hydrogens is 886 g/mol. The van der Waals surface area contributed by atoms with E-state index < -0.39 is 36.6 Å². The molecule has 11 heteroatoms. The molecule has 2 aliphatic heterocycles. The lowest BCUT2D eigenvalue weighted by Crippen LogP contribution is -2.41. The molecule has 0 saturated carbocycles. The summed E-state index contributed by atoms with van der Waals surface area (Å²) in [7, 11) is -1.04. The third-order valence-corrected chi connectivity index (χ3v) is 15.0. The summed E-state index contributed by atoms with van der Waals surface area (Å²) in [6, 6.07) is 61.6. The van der Waals surface area contributed by atoms with E-state index in [1.165, 1.54) is 24.3 Å². The molecule has 1 aromatic heterocycles. The number of fused-ring (bicyclic) bond motifs is 3. The Morgan fingerprint density at radius 3 is 1.11 bits per heavy atom. The van der Waals surface area contributed by atoms with Crippen LogP contribution in [0.15, 0.2) is 188 Å². The fraction of sp³-hybridized carbons (Fsp3) is 0.200. The number of halogens is 2. The third kappa shape index (κ3) is 8.40. The lowest BCUT2D eigenvalue weighted by Gasteiger charge is -2.32. The summed E-state index contributed by atoms with van der Waals surface area (Å²) in [6.07, 6.45) is 0. The first kappa shape index (κ1) is 46.4. The predicted molar refractivity (Wildman–Crippen MR) is 287 cm³/mol. The Hall–Kier alpha value is -7.01. The van der Waals surface area contributed by atoms with Crippen molar-refractivity contribution in [2.24, 2.45) is 0 Å². The minimum absolute atomic E-state index is 0.318. The number of aromatic nitrogens is 1. The van der Waals surface area contributed by atoms with E-state index in [-0.39, 0.29) is 11.6 Å². The molecule has 71 heavy (non-hydrogen) atoms. The first-order valence-electron chi connectivity index (χ1n) is 24.2. The van der Waals surface area contributed by atoms with E-state index in [1.54, 1.807) is 24.3 Å². The number of hydrogen-bond donors (Lipinski definition) is 0. The molecule has 354 valence electrons. The zero-order chi connectivity index (χ0) is 49.5. The van der Waals surface area contributed by atoms with Gasteiger partial charge in [-0.1, -0.05) is 66.7 Å². The van der Waals surface area contributed by atoms with E-state index in [0.717, 1.165) is 83.7 Å². The molecule has 0 bridgehead atoms. The zero-order valence-electron chi connectivity index (χ0n) is 41.3. The maximum atomic E-state index is 14.6. The molecular formula is C60H55B2F2N3O4. The van der Waals surface area contributed by atoms with E-state index in [2.05, 4.69) is 179 Å². The van der Waals surface area contributed by atoms with Gasteiger partial charge in [0.2, 0.25) is 0 Å².